The van der Waals surface area contributed by atoms with Crippen molar-refractivity contribution in [1.29, 1.82) is 0 Å². The predicted molar refractivity (Wildman–Crippen MR) is 105 cm³/mol. The first-order valence-corrected chi connectivity index (χ1v) is 8.49. The van der Waals surface area contributed by atoms with Gasteiger partial charge in [0, 0.05) is 11.3 Å². The summed E-state index contributed by atoms with van der Waals surface area (Å²) in [7, 11) is 0. The molecule has 0 spiro atoms. The zero-order valence-electron chi connectivity index (χ0n) is 15.1. The van der Waals surface area contributed by atoms with Crippen LogP contribution in [-0.2, 0) is 0 Å². The number of nitrogens with one attached hydrogen (secondary N) is 3. The molecular formula is C19H19FN6O2. The number of hydrazine groups is 1. The van der Waals surface area contributed by atoms with Crippen LogP contribution < -0.4 is 26.6 Å². The van der Waals surface area contributed by atoms with E-state index in [-0.39, 0.29) is 17.1 Å². The van der Waals surface area contributed by atoms with Crippen LogP contribution in [0.1, 0.15) is 17.3 Å². The molecule has 0 radical (unpaired) electrons. The fraction of sp³-hybridized carbons (Fsp3) is 0.105. The number of ether oxygens (including phenoxy) is 1. The number of carbonyl (C=O) groups excluding carboxylic acids is 1. The molecule has 2 aromatic carbocycles. The first-order chi connectivity index (χ1) is 13.6. The maximum Gasteiger partial charge on any atom is 0.269 e. The largest absolute Gasteiger partial charge is 0.494 e. The molecule has 3 rings (SSSR count). The molecule has 9 heteroatoms. The normalized spacial score (nSPS) is 10.2. The molecule has 0 saturated carbocycles. The van der Waals surface area contributed by atoms with Gasteiger partial charge >= 0.3 is 0 Å². The number of nitrogen functional groups attached to an aromatic ring is 1. The highest BCUT2D eigenvalue weighted by atomic mass is 19.1. The average molecular weight is 382 g/mol. The summed E-state index contributed by atoms with van der Waals surface area (Å²) in [6.07, 6.45) is 1.31. The predicted octanol–water partition coefficient (Wildman–Crippen LogP) is 3.10. The standard InChI is InChI=1S/C19H19FN6O2/c1-2-28-15-9-7-14(8-10-15)24-17-16(21)18(23-11-22-17)25-26-19(27)12-3-5-13(20)6-4-12/h3-11H,2,21H2,1H3,(H,26,27)(H2,22,23,24,25). The molecule has 28 heavy (non-hydrogen) atoms. The van der Waals surface area contributed by atoms with E-state index >= 15 is 0 Å². The molecule has 0 aliphatic heterocycles. The number of nitrogens with two attached hydrogens (primary N) is 1. The van der Waals surface area contributed by atoms with E-state index in [0.717, 1.165) is 11.4 Å². The number of rotatable bonds is 7. The van der Waals surface area contributed by atoms with Crippen molar-refractivity contribution in [3.63, 3.8) is 0 Å². The van der Waals surface area contributed by atoms with Crippen LogP contribution in [0.4, 0.5) is 27.4 Å². The van der Waals surface area contributed by atoms with Crippen LogP contribution in [0.15, 0.2) is 54.9 Å². The van der Waals surface area contributed by atoms with Crippen molar-refractivity contribution in [3.05, 3.63) is 66.2 Å². The Morgan fingerprint density at radius 3 is 2.43 bits per heavy atom. The van der Waals surface area contributed by atoms with E-state index in [1.165, 1.54) is 30.6 Å². The number of carbonyl (C=O) groups is 1. The monoisotopic (exact) mass is 382 g/mol. The maximum atomic E-state index is 12.9. The molecule has 8 nitrogen and oxygen atoms in total. The van der Waals surface area contributed by atoms with Gasteiger partial charge in [-0.1, -0.05) is 0 Å². The molecule has 1 heterocycles. The first kappa shape index (κ1) is 18.9. The van der Waals surface area contributed by atoms with Crippen LogP contribution in [0.2, 0.25) is 0 Å². The van der Waals surface area contributed by atoms with Crippen LogP contribution in [-0.4, -0.2) is 22.5 Å². The minimum atomic E-state index is -0.459. The summed E-state index contributed by atoms with van der Waals surface area (Å²) in [5.41, 5.74) is 12.5. The molecule has 3 aromatic rings. The summed E-state index contributed by atoms with van der Waals surface area (Å²) in [6, 6.07) is 12.4. The van der Waals surface area contributed by atoms with Crippen LogP contribution in [0.3, 0.4) is 0 Å². The van der Waals surface area contributed by atoms with Crippen LogP contribution in [0.5, 0.6) is 5.75 Å². The molecule has 0 bridgehead atoms. The zero-order valence-corrected chi connectivity index (χ0v) is 15.1. The lowest BCUT2D eigenvalue weighted by atomic mass is 10.2. The fourth-order valence-corrected chi connectivity index (χ4v) is 2.32. The molecule has 0 unspecified atom stereocenters. The number of aromatic nitrogens is 2. The third-order valence-electron chi connectivity index (χ3n) is 3.71. The van der Waals surface area contributed by atoms with Crippen molar-refractivity contribution in [2.45, 2.75) is 6.92 Å². The molecule has 0 aliphatic rings. The second kappa shape index (κ2) is 8.67. The molecule has 144 valence electrons. The summed E-state index contributed by atoms with van der Waals surface area (Å²) in [5, 5.41) is 3.08. The van der Waals surface area contributed by atoms with Gasteiger partial charge in [-0.15, -0.1) is 0 Å². The lowest BCUT2D eigenvalue weighted by Gasteiger charge is -2.13. The number of halogens is 1. The summed E-state index contributed by atoms with van der Waals surface area (Å²) >= 11 is 0. The van der Waals surface area contributed by atoms with E-state index in [4.69, 9.17) is 10.5 Å². The highest BCUT2D eigenvalue weighted by Gasteiger charge is 2.11. The van der Waals surface area contributed by atoms with Gasteiger partial charge in [0.2, 0.25) is 0 Å². The minimum absolute atomic E-state index is 0.218. The molecule has 5 N–H and O–H groups in total. The highest BCUT2D eigenvalue weighted by Crippen LogP contribution is 2.26. The Morgan fingerprint density at radius 2 is 1.75 bits per heavy atom. The van der Waals surface area contributed by atoms with Crippen molar-refractivity contribution < 1.29 is 13.9 Å². The van der Waals surface area contributed by atoms with Crippen LogP contribution in [0, 0.1) is 5.82 Å². The molecule has 0 saturated heterocycles. The van der Waals surface area contributed by atoms with Gasteiger partial charge in [-0.05, 0) is 55.5 Å². The lowest BCUT2D eigenvalue weighted by molar-refractivity contribution is 0.0962. The first-order valence-electron chi connectivity index (χ1n) is 8.49. The Labute approximate surface area is 160 Å². The van der Waals surface area contributed by atoms with Gasteiger partial charge in [-0.2, -0.15) is 0 Å². The van der Waals surface area contributed by atoms with Gasteiger partial charge in [0.1, 0.15) is 23.6 Å². The highest BCUT2D eigenvalue weighted by molar-refractivity contribution is 5.95. The van der Waals surface area contributed by atoms with Crippen molar-refractivity contribution in [2.75, 3.05) is 23.1 Å². The molecule has 1 aromatic heterocycles. The third kappa shape index (κ3) is 4.64. The van der Waals surface area contributed by atoms with Gasteiger partial charge in [0.15, 0.2) is 11.6 Å². The molecule has 0 atom stereocenters. The SMILES string of the molecule is CCOc1ccc(Nc2ncnc(NNC(=O)c3ccc(F)cc3)c2N)cc1. The number of nitrogens with zero attached hydrogens (tertiary/aromatic N) is 2. The summed E-state index contributed by atoms with van der Waals surface area (Å²) in [6.45, 7) is 2.50. The van der Waals surface area contributed by atoms with Gasteiger partial charge in [0.05, 0.1) is 6.61 Å². The van der Waals surface area contributed by atoms with Crippen molar-refractivity contribution in [3.8, 4) is 5.75 Å². The third-order valence-corrected chi connectivity index (χ3v) is 3.71. The number of hydrogen-bond donors (Lipinski definition) is 4. The van der Waals surface area contributed by atoms with Crippen LogP contribution in [0.25, 0.3) is 0 Å². The summed E-state index contributed by atoms with van der Waals surface area (Å²) in [4.78, 5) is 20.2. The van der Waals surface area contributed by atoms with E-state index in [2.05, 4.69) is 26.1 Å². The number of amides is 1. The number of hydrogen-bond acceptors (Lipinski definition) is 7. The van der Waals surface area contributed by atoms with E-state index in [1.54, 1.807) is 0 Å². The molecule has 1 amide bonds. The molecule has 0 aliphatic carbocycles. The van der Waals surface area contributed by atoms with Gasteiger partial charge in [-0.3, -0.25) is 15.6 Å². The number of benzene rings is 2. The van der Waals surface area contributed by atoms with E-state index in [1.807, 2.05) is 31.2 Å². The molecule has 0 fully saturated rings. The Hall–Kier alpha value is -3.88. The Bertz CT molecular complexity index is 948. The smallest absolute Gasteiger partial charge is 0.269 e. The lowest BCUT2D eigenvalue weighted by Crippen LogP contribution is -2.30. The Morgan fingerprint density at radius 1 is 1.07 bits per heavy atom. The molecular weight excluding hydrogens is 363 g/mol. The average Bonchev–Trinajstić information content (AvgIpc) is 2.70. The fourth-order valence-electron chi connectivity index (χ4n) is 2.32. The Kier molecular flexibility index (Phi) is 5.85. The second-order valence-corrected chi connectivity index (χ2v) is 5.65. The van der Waals surface area contributed by atoms with E-state index in [9.17, 15) is 9.18 Å². The Balaban J connectivity index is 1.66. The van der Waals surface area contributed by atoms with Crippen molar-refractivity contribution >= 4 is 28.9 Å². The van der Waals surface area contributed by atoms with E-state index < -0.39 is 11.7 Å². The van der Waals surface area contributed by atoms with Gasteiger partial charge in [0.25, 0.3) is 5.91 Å². The maximum absolute atomic E-state index is 12.9. The van der Waals surface area contributed by atoms with E-state index in [0.29, 0.717) is 12.4 Å². The summed E-state index contributed by atoms with van der Waals surface area (Å²) < 4.78 is 18.3. The summed E-state index contributed by atoms with van der Waals surface area (Å²) in [5.74, 6) is 0.472. The van der Waals surface area contributed by atoms with Crippen molar-refractivity contribution in [2.24, 2.45) is 0 Å². The van der Waals surface area contributed by atoms with Crippen molar-refractivity contribution in [1.82, 2.24) is 15.4 Å². The quantitative estimate of drug-likeness (QED) is 0.464. The van der Waals surface area contributed by atoms with Gasteiger partial charge < -0.3 is 15.8 Å². The zero-order chi connectivity index (χ0) is 19.9. The van der Waals surface area contributed by atoms with Crippen LogP contribution >= 0.6 is 0 Å². The second-order valence-electron chi connectivity index (χ2n) is 5.65. The minimum Gasteiger partial charge on any atom is -0.494 e. The topological polar surface area (TPSA) is 114 Å². The van der Waals surface area contributed by atoms with Gasteiger partial charge in [-0.25, -0.2) is 14.4 Å². The number of anilines is 4.